The highest BCUT2D eigenvalue weighted by molar-refractivity contribution is 5.90. The van der Waals surface area contributed by atoms with E-state index in [1.165, 1.54) is 0 Å². The minimum Gasteiger partial charge on any atom is -0.459 e. The van der Waals surface area contributed by atoms with Crippen molar-refractivity contribution in [1.82, 2.24) is 0 Å². The molecule has 0 aromatic heterocycles. The normalized spacial score (nSPS) is 10.2. The van der Waals surface area contributed by atoms with Crippen LogP contribution in [-0.4, -0.2) is 12.1 Å². The number of hydrogen-bond donors (Lipinski definition) is 0. The molecule has 2 nitrogen and oxygen atoms in total. The lowest BCUT2D eigenvalue weighted by atomic mass is 10.1. The molecule has 2 heteroatoms. The van der Waals surface area contributed by atoms with Crippen LogP contribution in [0.3, 0.4) is 0 Å². The first-order valence-corrected chi connectivity index (χ1v) is 8.75. The second kappa shape index (κ2) is 15.1. The van der Waals surface area contributed by atoms with Gasteiger partial charge >= 0.3 is 5.97 Å². The van der Waals surface area contributed by atoms with Gasteiger partial charge in [-0.3, -0.25) is 0 Å². The summed E-state index contributed by atoms with van der Waals surface area (Å²) < 4.78 is 5.47. The van der Waals surface area contributed by atoms with Crippen LogP contribution in [0.15, 0.2) is 43.5 Å². The van der Waals surface area contributed by atoms with Crippen LogP contribution in [0, 0.1) is 0 Å². The quantitative estimate of drug-likeness (QED) is 0.414. The third-order valence-electron chi connectivity index (χ3n) is 3.08. The zero-order valence-corrected chi connectivity index (χ0v) is 15.8. The molecular weight excluding hydrogens is 284 g/mol. The van der Waals surface area contributed by atoms with Gasteiger partial charge in [-0.2, -0.15) is 0 Å². The summed E-state index contributed by atoms with van der Waals surface area (Å²) in [4.78, 5) is 12.0. The molecule has 0 aliphatic heterocycles. The molecule has 0 spiro atoms. The van der Waals surface area contributed by atoms with Crippen LogP contribution < -0.4 is 0 Å². The van der Waals surface area contributed by atoms with Gasteiger partial charge in [0.25, 0.3) is 0 Å². The molecule has 0 bridgehead atoms. The molecule has 0 N–H and O–H groups in total. The summed E-state index contributed by atoms with van der Waals surface area (Å²) in [5, 5.41) is 0. The van der Waals surface area contributed by atoms with Gasteiger partial charge in [0.2, 0.25) is 0 Å². The monoisotopic (exact) mass is 318 g/mol. The van der Waals surface area contributed by atoms with Gasteiger partial charge in [-0.05, 0) is 36.1 Å². The van der Waals surface area contributed by atoms with Crippen LogP contribution in [0.25, 0.3) is 5.57 Å². The number of hydrogen-bond acceptors (Lipinski definition) is 2. The fraction of sp³-hybridized carbons (Fsp3) is 0.476. The predicted molar refractivity (Wildman–Crippen MR) is 103 cm³/mol. The maximum atomic E-state index is 12.0. The van der Waals surface area contributed by atoms with Crippen LogP contribution in [0.2, 0.25) is 0 Å². The minimum absolute atomic E-state index is 0.0142. The number of carbonyl (C=O) groups is 1. The van der Waals surface area contributed by atoms with E-state index in [9.17, 15) is 4.79 Å². The maximum Gasteiger partial charge on any atom is 0.338 e. The number of allylic oxidation sites excluding steroid dienone is 2. The highest BCUT2D eigenvalue weighted by Crippen LogP contribution is 2.16. The summed E-state index contributed by atoms with van der Waals surface area (Å²) in [7, 11) is 0. The van der Waals surface area contributed by atoms with E-state index in [0.717, 1.165) is 30.4 Å². The predicted octanol–water partition coefficient (Wildman–Crippen LogP) is 6.67. The Labute approximate surface area is 143 Å². The van der Waals surface area contributed by atoms with E-state index in [4.69, 9.17) is 4.74 Å². The molecule has 0 fully saturated rings. The average molecular weight is 319 g/mol. The molecule has 0 radical (unpaired) electrons. The smallest absolute Gasteiger partial charge is 0.338 e. The van der Waals surface area contributed by atoms with Gasteiger partial charge in [-0.25, -0.2) is 4.79 Å². The molecule has 0 aliphatic carbocycles. The molecule has 1 rings (SSSR count). The van der Waals surface area contributed by atoms with Crippen molar-refractivity contribution in [2.24, 2.45) is 0 Å². The van der Waals surface area contributed by atoms with Crippen LogP contribution >= 0.6 is 0 Å². The van der Waals surface area contributed by atoms with Crippen molar-refractivity contribution in [2.75, 3.05) is 0 Å². The van der Waals surface area contributed by atoms with Crippen LogP contribution in [0.4, 0.5) is 0 Å². The summed E-state index contributed by atoms with van der Waals surface area (Å²) in [6.07, 6.45) is 4.49. The SMILES string of the molecule is C=CC(=C)c1ccc(C(=O)O[C@H](CC)CCC)cc1.CC.CC. The van der Waals surface area contributed by atoms with Gasteiger partial charge in [0.15, 0.2) is 0 Å². The molecule has 0 unspecified atom stereocenters. The van der Waals surface area contributed by atoms with Gasteiger partial charge in [0, 0.05) is 0 Å². The van der Waals surface area contributed by atoms with Crippen molar-refractivity contribution in [3.05, 3.63) is 54.6 Å². The second-order valence-electron chi connectivity index (χ2n) is 4.53. The lowest BCUT2D eigenvalue weighted by Gasteiger charge is -2.15. The van der Waals surface area contributed by atoms with E-state index >= 15 is 0 Å². The zero-order chi connectivity index (χ0) is 18.3. The van der Waals surface area contributed by atoms with Crippen LogP contribution in [0.1, 0.15) is 76.7 Å². The van der Waals surface area contributed by atoms with Gasteiger partial charge in [0.1, 0.15) is 6.10 Å². The van der Waals surface area contributed by atoms with E-state index in [1.807, 2.05) is 46.8 Å². The second-order valence-corrected chi connectivity index (χ2v) is 4.53. The standard InChI is InChI=1S/C17H22O2.2C2H6/c1-5-8-16(7-3)19-17(18)15-11-9-14(10-12-15)13(4)6-2;2*1-2/h6,9-12,16H,2,4-5,7-8H2,1,3H3;2*1-2H3/t16-;;/m1../s1. The molecule has 1 aromatic rings. The third kappa shape index (κ3) is 9.02. The summed E-state index contributed by atoms with van der Waals surface area (Å²) in [6.45, 7) is 19.7. The van der Waals surface area contributed by atoms with Crippen molar-refractivity contribution in [2.45, 2.75) is 66.9 Å². The number of benzene rings is 1. The van der Waals surface area contributed by atoms with Gasteiger partial charge < -0.3 is 4.74 Å². The highest BCUT2D eigenvalue weighted by Gasteiger charge is 2.13. The molecular formula is C21H34O2. The van der Waals surface area contributed by atoms with Crippen molar-refractivity contribution in [3.63, 3.8) is 0 Å². The van der Waals surface area contributed by atoms with Crippen molar-refractivity contribution < 1.29 is 9.53 Å². The highest BCUT2D eigenvalue weighted by atomic mass is 16.5. The Balaban J connectivity index is 0. The summed E-state index contributed by atoms with van der Waals surface area (Å²) in [5.41, 5.74) is 2.39. The topological polar surface area (TPSA) is 26.3 Å². The number of esters is 1. The number of rotatable bonds is 7. The van der Waals surface area contributed by atoms with E-state index in [-0.39, 0.29) is 12.1 Å². The lowest BCUT2D eigenvalue weighted by molar-refractivity contribution is 0.0271. The summed E-state index contributed by atoms with van der Waals surface area (Å²) >= 11 is 0. The Morgan fingerprint density at radius 3 is 1.96 bits per heavy atom. The average Bonchev–Trinajstić information content (AvgIpc) is 2.64. The molecule has 0 amide bonds. The van der Waals surface area contributed by atoms with Gasteiger partial charge in [-0.1, -0.05) is 79.3 Å². The van der Waals surface area contributed by atoms with Crippen molar-refractivity contribution in [1.29, 1.82) is 0 Å². The van der Waals surface area contributed by atoms with Gasteiger partial charge in [-0.15, -0.1) is 0 Å². The van der Waals surface area contributed by atoms with E-state index in [1.54, 1.807) is 18.2 Å². The Morgan fingerprint density at radius 1 is 1.09 bits per heavy atom. The Kier molecular flexibility index (Phi) is 15.4. The molecule has 130 valence electrons. The Morgan fingerprint density at radius 2 is 1.57 bits per heavy atom. The van der Waals surface area contributed by atoms with Crippen molar-refractivity contribution in [3.8, 4) is 0 Å². The van der Waals surface area contributed by atoms with Crippen LogP contribution in [0.5, 0.6) is 0 Å². The largest absolute Gasteiger partial charge is 0.459 e. The molecule has 1 atom stereocenters. The number of ether oxygens (including phenoxy) is 1. The van der Waals surface area contributed by atoms with Crippen molar-refractivity contribution >= 4 is 11.5 Å². The minimum atomic E-state index is -0.254. The molecule has 23 heavy (non-hydrogen) atoms. The lowest BCUT2D eigenvalue weighted by Crippen LogP contribution is -2.17. The maximum absolute atomic E-state index is 12.0. The molecule has 1 aromatic carbocycles. The molecule has 0 aliphatic rings. The first-order valence-electron chi connectivity index (χ1n) is 8.75. The van der Waals surface area contributed by atoms with E-state index in [0.29, 0.717) is 5.56 Å². The summed E-state index contributed by atoms with van der Waals surface area (Å²) in [5.74, 6) is -0.254. The van der Waals surface area contributed by atoms with E-state index < -0.39 is 0 Å². The first-order chi connectivity index (χ1) is 11.1. The van der Waals surface area contributed by atoms with Gasteiger partial charge in [0.05, 0.1) is 5.56 Å². The first kappa shape index (κ1) is 23.4. The fourth-order valence-corrected chi connectivity index (χ4v) is 1.83. The van der Waals surface area contributed by atoms with E-state index in [2.05, 4.69) is 20.1 Å². The molecule has 0 saturated heterocycles. The summed E-state index contributed by atoms with van der Waals surface area (Å²) in [6, 6.07) is 7.26. The zero-order valence-electron chi connectivity index (χ0n) is 15.8. The Bertz CT molecular complexity index is 443. The third-order valence-corrected chi connectivity index (χ3v) is 3.08. The molecule has 0 heterocycles. The number of carbonyl (C=O) groups excluding carboxylic acids is 1. The fourth-order valence-electron chi connectivity index (χ4n) is 1.83. The molecule has 0 saturated carbocycles. The van der Waals surface area contributed by atoms with Crippen LogP contribution in [-0.2, 0) is 4.74 Å². The Hall–Kier alpha value is -1.83.